The maximum atomic E-state index is 14.3. The Labute approximate surface area is 222 Å². The van der Waals surface area contributed by atoms with E-state index in [1.165, 1.54) is 21.8 Å². The maximum absolute atomic E-state index is 14.3. The van der Waals surface area contributed by atoms with Crippen molar-refractivity contribution in [3.8, 4) is 0 Å². The van der Waals surface area contributed by atoms with Crippen LogP contribution in [0.15, 0.2) is 97.2 Å². The van der Waals surface area contributed by atoms with Crippen LogP contribution in [0.1, 0.15) is 42.3 Å². The minimum absolute atomic E-state index is 0.231. The van der Waals surface area contributed by atoms with Crippen LogP contribution in [0.2, 0.25) is 0 Å². The number of hydrazine groups is 1. The lowest BCUT2D eigenvalue weighted by atomic mass is 9.96. The lowest BCUT2D eigenvalue weighted by Gasteiger charge is -2.46. The van der Waals surface area contributed by atoms with E-state index in [2.05, 4.69) is 0 Å². The first kappa shape index (κ1) is 26.5. The van der Waals surface area contributed by atoms with Gasteiger partial charge in [0.2, 0.25) is 5.91 Å². The first-order valence-corrected chi connectivity index (χ1v) is 12.6. The molecule has 2 atom stereocenters. The predicted molar refractivity (Wildman–Crippen MR) is 145 cm³/mol. The number of rotatable bonds is 8. The van der Waals surface area contributed by atoms with Gasteiger partial charge in [-0.2, -0.15) is 0 Å². The molecule has 1 heterocycles. The number of hydrogen-bond donors (Lipinski definition) is 0. The van der Waals surface area contributed by atoms with Crippen molar-refractivity contribution in [1.82, 2.24) is 14.9 Å². The van der Waals surface area contributed by atoms with Crippen molar-refractivity contribution in [2.24, 2.45) is 5.92 Å². The normalized spacial score (nSPS) is 16.2. The van der Waals surface area contributed by atoms with Crippen LogP contribution in [-0.4, -0.2) is 51.0 Å². The van der Waals surface area contributed by atoms with Crippen molar-refractivity contribution in [2.45, 2.75) is 39.3 Å². The fourth-order valence-corrected chi connectivity index (χ4v) is 4.75. The van der Waals surface area contributed by atoms with Crippen molar-refractivity contribution in [1.29, 1.82) is 0 Å². The Hall–Kier alpha value is -4.52. The van der Waals surface area contributed by atoms with Crippen LogP contribution in [0.5, 0.6) is 0 Å². The second-order valence-electron chi connectivity index (χ2n) is 9.55. The van der Waals surface area contributed by atoms with E-state index in [4.69, 9.17) is 0 Å². The minimum atomic E-state index is -0.935. The molecule has 1 aliphatic heterocycles. The standard InChI is InChI=1S/C31H31N3O4/c1-22(2)29-31(38)34(33(23(3)36)27(21-35)19-24-13-7-4-8-14-24)28(25-15-9-5-10-16-25)20-32(29)30(37)26-17-11-6-12-18-26/h4-18,20-22,27,29H,19H2,1-3H3/t27-,29?/m0/s1. The second kappa shape index (κ2) is 11.7. The molecule has 7 heteroatoms. The molecule has 0 aliphatic carbocycles. The third-order valence-corrected chi connectivity index (χ3v) is 6.50. The highest BCUT2D eigenvalue weighted by atomic mass is 16.2. The molecule has 3 aromatic rings. The van der Waals surface area contributed by atoms with Gasteiger partial charge in [0.25, 0.3) is 11.8 Å². The van der Waals surface area contributed by atoms with Gasteiger partial charge in [-0.05, 0) is 23.6 Å². The number of carbonyl (C=O) groups is 4. The van der Waals surface area contributed by atoms with Gasteiger partial charge in [-0.15, -0.1) is 0 Å². The highest BCUT2D eigenvalue weighted by Crippen LogP contribution is 2.33. The molecule has 1 aliphatic rings. The van der Waals surface area contributed by atoms with Gasteiger partial charge in [0, 0.05) is 30.7 Å². The Balaban J connectivity index is 1.87. The molecule has 0 spiro atoms. The number of aldehydes is 1. The number of nitrogens with zero attached hydrogens (tertiary/aromatic N) is 3. The molecule has 0 radical (unpaired) electrons. The third-order valence-electron chi connectivity index (χ3n) is 6.50. The molecule has 3 aromatic carbocycles. The number of benzene rings is 3. The van der Waals surface area contributed by atoms with Crippen LogP contribution in [-0.2, 0) is 20.8 Å². The van der Waals surface area contributed by atoms with Gasteiger partial charge in [-0.25, -0.2) is 10.0 Å². The fraction of sp³-hybridized carbons (Fsp3) is 0.226. The summed E-state index contributed by atoms with van der Waals surface area (Å²) in [5, 5.41) is 2.51. The summed E-state index contributed by atoms with van der Waals surface area (Å²) in [5.74, 6) is -1.51. The summed E-state index contributed by atoms with van der Waals surface area (Å²) in [4.78, 5) is 54.9. The molecule has 4 rings (SSSR count). The fourth-order valence-electron chi connectivity index (χ4n) is 4.75. The van der Waals surface area contributed by atoms with Crippen LogP contribution >= 0.6 is 0 Å². The number of carbonyl (C=O) groups excluding carboxylic acids is 4. The molecule has 3 amide bonds. The van der Waals surface area contributed by atoms with Crippen molar-refractivity contribution >= 4 is 29.7 Å². The van der Waals surface area contributed by atoms with Gasteiger partial charge in [0.05, 0.1) is 5.70 Å². The largest absolute Gasteiger partial charge is 0.301 e. The van der Waals surface area contributed by atoms with E-state index in [0.29, 0.717) is 23.1 Å². The van der Waals surface area contributed by atoms with E-state index in [1.54, 1.807) is 42.6 Å². The molecule has 1 unspecified atom stereocenters. The zero-order valence-electron chi connectivity index (χ0n) is 21.7. The summed E-state index contributed by atoms with van der Waals surface area (Å²) in [5.41, 5.74) is 2.27. The Bertz CT molecular complexity index is 1320. The molecule has 194 valence electrons. The zero-order valence-corrected chi connectivity index (χ0v) is 21.7. The monoisotopic (exact) mass is 509 g/mol. The van der Waals surface area contributed by atoms with E-state index >= 15 is 0 Å². The summed E-state index contributed by atoms with van der Waals surface area (Å²) in [6, 6.07) is 25.4. The van der Waals surface area contributed by atoms with Crippen LogP contribution < -0.4 is 0 Å². The summed E-state index contributed by atoms with van der Waals surface area (Å²) < 4.78 is 0. The van der Waals surface area contributed by atoms with Crippen molar-refractivity contribution in [3.63, 3.8) is 0 Å². The highest BCUT2D eigenvalue weighted by molar-refractivity contribution is 6.03. The van der Waals surface area contributed by atoms with Gasteiger partial charge in [-0.1, -0.05) is 92.7 Å². The molecule has 38 heavy (non-hydrogen) atoms. The maximum Gasteiger partial charge on any atom is 0.269 e. The van der Waals surface area contributed by atoms with E-state index in [9.17, 15) is 19.2 Å². The molecule has 0 N–H and O–H groups in total. The lowest BCUT2D eigenvalue weighted by molar-refractivity contribution is -0.165. The molecule has 0 saturated carbocycles. The summed E-state index contributed by atoms with van der Waals surface area (Å²) >= 11 is 0. The van der Waals surface area contributed by atoms with E-state index in [-0.39, 0.29) is 18.2 Å². The Morgan fingerprint density at radius 2 is 1.45 bits per heavy atom. The smallest absolute Gasteiger partial charge is 0.269 e. The Kier molecular flexibility index (Phi) is 8.16. The molecule has 0 aromatic heterocycles. The topological polar surface area (TPSA) is 78.0 Å². The van der Waals surface area contributed by atoms with Crippen LogP contribution in [0.3, 0.4) is 0 Å². The van der Waals surface area contributed by atoms with Crippen LogP contribution in [0.25, 0.3) is 5.70 Å². The van der Waals surface area contributed by atoms with E-state index < -0.39 is 23.9 Å². The van der Waals surface area contributed by atoms with Crippen molar-refractivity contribution in [2.75, 3.05) is 0 Å². The van der Waals surface area contributed by atoms with Gasteiger partial charge >= 0.3 is 0 Å². The average Bonchev–Trinajstić information content (AvgIpc) is 2.93. The zero-order chi connectivity index (χ0) is 27.2. The lowest BCUT2D eigenvalue weighted by Crippen LogP contribution is -2.62. The van der Waals surface area contributed by atoms with Crippen LogP contribution in [0, 0.1) is 5.92 Å². The first-order valence-electron chi connectivity index (χ1n) is 12.6. The molecule has 0 fully saturated rings. The SMILES string of the molecule is CC(=O)N([C@H](C=O)Cc1ccccc1)N1C(=O)C(C(C)C)N(C(=O)c2ccccc2)C=C1c1ccccc1. The average molecular weight is 510 g/mol. The third kappa shape index (κ3) is 5.42. The quantitative estimate of drug-likeness (QED) is 0.417. The second-order valence-corrected chi connectivity index (χ2v) is 9.55. The van der Waals surface area contributed by atoms with Crippen LogP contribution in [0.4, 0.5) is 0 Å². The molecule has 0 saturated heterocycles. The molecular formula is C31H31N3O4. The van der Waals surface area contributed by atoms with Gasteiger partial charge in [-0.3, -0.25) is 19.3 Å². The van der Waals surface area contributed by atoms with E-state index in [0.717, 1.165) is 5.56 Å². The first-order chi connectivity index (χ1) is 18.3. The Morgan fingerprint density at radius 1 is 0.895 bits per heavy atom. The van der Waals surface area contributed by atoms with Crippen molar-refractivity contribution in [3.05, 3.63) is 114 Å². The Morgan fingerprint density at radius 3 is 1.97 bits per heavy atom. The van der Waals surface area contributed by atoms with Gasteiger partial charge in [0.15, 0.2) is 0 Å². The van der Waals surface area contributed by atoms with Crippen molar-refractivity contribution < 1.29 is 19.2 Å². The minimum Gasteiger partial charge on any atom is -0.301 e. The molecule has 7 nitrogen and oxygen atoms in total. The number of amides is 3. The molecule has 0 bridgehead atoms. The predicted octanol–water partition coefficient (Wildman–Crippen LogP) is 4.57. The summed E-state index contributed by atoms with van der Waals surface area (Å²) in [6.07, 6.45) is 2.54. The highest BCUT2D eigenvalue weighted by Gasteiger charge is 2.45. The van der Waals surface area contributed by atoms with Gasteiger partial charge in [0.1, 0.15) is 18.4 Å². The van der Waals surface area contributed by atoms with E-state index in [1.807, 2.05) is 68.4 Å². The summed E-state index contributed by atoms with van der Waals surface area (Å²) in [6.45, 7) is 5.04. The van der Waals surface area contributed by atoms with Gasteiger partial charge < -0.3 is 4.79 Å². The summed E-state index contributed by atoms with van der Waals surface area (Å²) in [7, 11) is 0. The number of hydrogen-bond acceptors (Lipinski definition) is 4. The molecular weight excluding hydrogens is 478 g/mol.